The zero-order valence-corrected chi connectivity index (χ0v) is 24.0. The maximum Gasteiger partial charge on any atom is 0.416 e. The number of aromatic nitrogens is 1. The molecule has 0 radical (unpaired) electrons. The van der Waals surface area contributed by atoms with Gasteiger partial charge in [-0.05, 0) is 60.2 Å². The Labute approximate surface area is 254 Å². The fourth-order valence-corrected chi connectivity index (χ4v) is 8.14. The minimum absolute atomic E-state index is 0.214. The van der Waals surface area contributed by atoms with Crippen LogP contribution in [0.1, 0.15) is 21.9 Å². The predicted octanol–water partition coefficient (Wildman–Crippen LogP) is 6.16. The largest absolute Gasteiger partial charge is 0.416 e. The molecule has 7 nitrogen and oxygen atoms in total. The van der Waals surface area contributed by atoms with Crippen molar-refractivity contribution < 1.29 is 31.9 Å². The number of alkyl halides is 3. The van der Waals surface area contributed by atoms with E-state index in [0.29, 0.717) is 26.2 Å². The Bertz CT molecular complexity index is 1820. The number of hydrogen-bond acceptors (Lipinski definition) is 6. The molecule has 3 atom stereocenters. The lowest BCUT2D eigenvalue weighted by Gasteiger charge is -2.30. The molecule has 1 N–H and O–H groups in total. The topological polar surface area (TPSA) is 88.5 Å². The van der Waals surface area contributed by atoms with Crippen molar-refractivity contribution in [2.75, 3.05) is 10.2 Å². The molecule has 14 heteroatoms. The maximum absolute atomic E-state index is 13.9. The van der Waals surface area contributed by atoms with Crippen molar-refractivity contribution in [1.29, 1.82) is 0 Å². The van der Waals surface area contributed by atoms with Gasteiger partial charge in [-0.25, -0.2) is 9.29 Å². The Morgan fingerprint density at radius 3 is 2.33 bits per heavy atom. The van der Waals surface area contributed by atoms with Crippen molar-refractivity contribution in [2.24, 2.45) is 5.92 Å². The van der Waals surface area contributed by atoms with Gasteiger partial charge in [0.1, 0.15) is 17.6 Å². The van der Waals surface area contributed by atoms with E-state index in [9.17, 15) is 36.7 Å². The molecule has 3 amide bonds. The van der Waals surface area contributed by atoms with Crippen LogP contribution in [0.3, 0.4) is 0 Å². The van der Waals surface area contributed by atoms with Crippen LogP contribution in [-0.2, 0) is 27.1 Å². The molecule has 0 unspecified atom stereocenters. The molecule has 1 aromatic heterocycles. The minimum Gasteiger partial charge on any atom is -0.325 e. The first-order chi connectivity index (χ1) is 20.4. The number of carbonyl (C=O) groups excluding carboxylic acids is 3. The maximum atomic E-state index is 13.9. The van der Waals surface area contributed by atoms with E-state index in [1.54, 1.807) is 24.3 Å². The highest BCUT2D eigenvalue weighted by atomic mass is 35.5. The standard InChI is InChI=1S/C29H18ClF4N3O4S2/c30-16-6-4-14(5-7-16)21-22-23(26(40)37(25(22)39)19-3-1-2-15(12-19)29(32,33)34)42-27-24(21)43-28(41)36(27)13-20(38)35-18-10-8-17(31)9-11-18/h1-12,21-23H,13H2,(H,35,38)/t21-,22+,23-/m0/s1. The van der Waals surface area contributed by atoms with Crippen LogP contribution in [0.4, 0.5) is 28.9 Å². The Morgan fingerprint density at radius 2 is 1.65 bits per heavy atom. The number of thioether (sulfide) groups is 1. The number of imide groups is 1. The van der Waals surface area contributed by atoms with Gasteiger partial charge in [0.05, 0.1) is 22.2 Å². The zero-order chi connectivity index (χ0) is 30.6. The lowest BCUT2D eigenvalue weighted by atomic mass is 9.83. The van der Waals surface area contributed by atoms with Crippen LogP contribution in [0.5, 0.6) is 0 Å². The van der Waals surface area contributed by atoms with Crippen molar-refractivity contribution in [3.63, 3.8) is 0 Å². The van der Waals surface area contributed by atoms with E-state index in [4.69, 9.17) is 11.6 Å². The van der Waals surface area contributed by atoms with Gasteiger partial charge in [0.2, 0.25) is 17.7 Å². The number of amides is 3. The molecular weight excluding hydrogens is 630 g/mol. The second kappa shape index (κ2) is 11.0. The first kappa shape index (κ1) is 29.1. The molecule has 1 fully saturated rings. The normalized spacial score (nSPS) is 19.7. The van der Waals surface area contributed by atoms with Gasteiger partial charge in [0.25, 0.3) is 0 Å². The monoisotopic (exact) mass is 647 g/mol. The number of thiazole rings is 1. The predicted molar refractivity (Wildman–Crippen MR) is 154 cm³/mol. The lowest BCUT2D eigenvalue weighted by Crippen LogP contribution is -2.33. The highest BCUT2D eigenvalue weighted by molar-refractivity contribution is 8.00. The van der Waals surface area contributed by atoms with E-state index in [2.05, 4.69) is 5.32 Å². The average molecular weight is 648 g/mol. The molecule has 0 spiro atoms. The summed E-state index contributed by atoms with van der Waals surface area (Å²) >= 11 is 7.84. The molecule has 1 saturated heterocycles. The number of anilines is 2. The summed E-state index contributed by atoms with van der Waals surface area (Å²) in [4.78, 5) is 54.4. The van der Waals surface area contributed by atoms with Gasteiger partial charge in [-0.1, -0.05) is 52.9 Å². The number of halogens is 5. The number of fused-ring (bicyclic) bond motifs is 2. The fourth-order valence-electron chi connectivity index (χ4n) is 5.24. The van der Waals surface area contributed by atoms with E-state index in [1.165, 1.54) is 34.9 Å². The molecule has 2 aliphatic heterocycles. The first-order valence-electron chi connectivity index (χ1n) is 12.7. The smallest absolute Gasteiger partial charge is 0.325 e. The SMILES string of the molecule is O=C(Cn1c2c(sc1=O)[C@@H](c1ccc(Cl)cc1)[C@H]1C(=O)N(c3cccc(C(F)(F)F)c3)C(=O)[C@H]1S2)Nc1ccc(F)cc1. The van der Waals surface area contributed by atoms with E-state index in [-0.39, 0.29) is 5.69 Å². The third-order valence-electron chi connectivity index (χ3n) is 7.14. The molecule has 0 saturated carbocycles. The molecule has 3 heterocycles. The van der Waals surface area contributed by atoms with Crippen LogP contribution in [0, 0.1) is 11.7 Å². The summed E-state index contributed by atoms with van der Waals surface area (Å²) < 4.78 is 54.8. The van der Waals surface area contributed by atoms with Gasteiger partial charge in [-0.2, -0.15) is 13.2 Å². The first-order valence-corrected chi connectivity index (χ1v) is 14.8. The molecule has 4 aromatic rings. The van der Waals surface area contributed by atoms with E-state index >= 15 is 0 Å². The molecule has 6 rings (SSSR count). The highest BCUT2D eigenvalue weighted by Gasteiger charge is 2.57. The lowest BCUT2D eigenvalue weighted by molar-refractivity contribution is -0.137. The summed E-state index contributed by atoms with van der Waals surface area (Å²) in [5.41, 5.74) is -0.350. The number of rotatable bonds is 5. The molecule has 43 heavy (non-hydrogen) atoms. The Kier molecular flexibility index (Phi) is 7.43. The van der Waals surface area contributed by atoms with Crippen LogP contribution in [0.25, 0.3) is 0 Å². The fraction of sp³-hybridized carbons (Fsp3) is 0.172. The molecule has 3 aromatic carbocycles. The van der Waals surface area contributed by atoms with Gasteiger partial charge in [0, 0.05) is 21.5 Å². The van der Waals surface area contributed by atoms with Gasteiger partial charge < -0.3 is 5.32 Å². The molecule has 2 aliphatic rings. The van der Waals surface area contributed by atoms with Gasteiger partial charge in [-0.3, -0.25) is 23.7 Å². The third-order valence-corrected chi connectivity index (χ3v) is 10.00. The van der Waals surface area contributed by atoms with Crippen LogP contribution in [0.15, 0.2) is 82.6 Å². The number of nitrogens with one attached hydrogen (secondary N) is 1. The Morgan fingerprint density at radius 1 is 0.953 bits per heavy atom. The van der Waals surface area contributed by atoms with Gasteiger partial charge in [-0.15, -0.1) is 0 Å². The number of hydrogen-bond donors (Lipinski definition) is 1. The van der Waals surface area contributed by atoms with Crippen LogP contribution in [-0.4, -0.2) is 27.5 Å². The number of benzene rings is 3. The summed E-state index contributed by atoms with van der Waals surface area (Å²) in [6, 6.07) is 15.5. The minimum atomic E-state index is -4.69. The average Bonchev–Trinajstić information content (AvgIpc) is 3.40. The molecule has 0 bridgehead atoms. The Hall–Kier alpha value is -3.94. The van der Waals surface area contributed by atoms with E-state index in [1.807, 2.05) is 0 Å². The molecule has 220 valence electrons. The van der Waals surface area contributed by atoms with Crippen LogP contribution < -0.4 is 15.1 Å². The van der Waals surface area contributed by atoms with Gasteiger partial charge in [0.15, 0.2) is 0 Å². The van der Waals surface area contributed by atoms with E-state index in [0.717, 1.165) is 46.2 Å². The highest BCUT2D eigenvalue weighted by Crippen LogP contribution is 2.54. The van der Waals surface area contributed by atoms with Crippen molar-refractivity contribution in [3.8, 4) is 0 Å². The summed E-state index contributed by atoms with van der Waals surface area (Å²) in [6.45, 7) is -0.431. The quantitative estimate of drug-likeness (QED) is 0.207. The number of carbonyl (C=O) groups is 3. The summed E-state index contributed by atoms with van der Waals surface area (Å²) in [5, 5.41) is 2.22. The van der Waals surface area contributed by atoms with Crippen molar-refractivity contribution in [2.45, 2.75) is 28.9 Å². The number of nitrogens with zero attached hydrogens (tertiary/aromatic N) is 2. The molecule has 0 aliphatic carbocycles. The van der Waals surface area contributed by atoms with Crippen molar-refractivity contribution in [3.05, 3.63) is 109 Å². The van der Waals surface area contributed by atoms with E-state index < -0.39 is 63.8 Å². The van der Waals surface area contributed by atoms with Crippen LogP contribution in [0.2, 0.25) is 5.02 Å². The summed E-state index contributed by atoms with van der Waals surface area (Å²) in [6.07, 6.45) is -4.69. The Balaban J connectivity index is 1.40. The van der Waals surface area contributed by atoms with Crippen molar-refractivity contribution >= 4 is 63.8 Å². The zero-order valence-electron chi connectivity index (χ0n) is 21.6. The third kappa shape index (κ3) is 5.36. The summed E-state index contributed by atoms with van der Waals surface area (Å²) in [5.74, 6) is -4.36. The van der Waals surface area contributed by atoms with Crippen molar-refractivity contribution in [1.82, 2.24) is 4.57 Å². The second-order valence-corrected chi connectivity index (χ2v) is 12.4. The molecular formula is C29H18ClF4N3O4S2. The van der Waals surface area contributed by atoms with Gasteiger partial charge >= 0.3 is 11.0 Å². The summed E-state index contributed by atoms with van der Waals surface area (Å²) in [7, 11) is 0. The van der Waals surface area contributed by atoms with Crippen LogP contribution >= 0.6 is 34.7 Å². The second-order valence-electron chi connectivity index (χ2n) is 9.83.